The average molecular weight is 1340 g/mol. The molecule has 6 aromatic heterocycles. The second-order valence-electron chi connectivity index (χ2n) is 24.5. The Balaban J connectivity index is 0.000000131. The number of fused-ring (bicyclic) bond motifs is 3. The van der Waals surface area contributed by atoms with Gasteiger partial charge in [-0.1, -0.05) is 17.7 Å². The zero-order valence-electron chi connectivity index (χ0n) is 53.2. The number of methoxy groups -OCH3 is 1. The Morgan fingerprint density at radius 2 is 0.763 bits per heavy atom. The van der Waals surface area contributed by atoms with Crippen LogP contribution in [0, 0.1) is 17.5 Å². The molecule has 0 radical (unpaired) electrons. The highest BCUT2D eigenvalue weighted by atomic mass is 35.5. The van der Waals surface area contributed by atoms with Crippen molar-refractivity contribution in [1.29, 1.82) is 0 Å². The summed E-state index contributed by atoms with van der Waals surface area (Å²) in [5.74, 6) is -1.47. The smallest absolute Gasteiger partial charge is 0.416 e. The van der Waals surface area contributed by atoms with Gasteiger partial charge in [-0.05, 0) is 210 Å². The van der Waals surface area contributed by atoms with Crippen molar-refractivity contribution in [2.24, 2.45) is 0 Å². The van der Waals surface area contributed by atoms with Gasteiger partial charge in [0.2, 0.25) is 0 Å². The molecule has 15 rings (SSSR count). The minimum atomic E-state index is -4.64. The van der Waals surface area contributed by atoms with Crippen molar-refractivity contribution in [3.63, 3.8) is 0 Å². The van der Waals surface area contributed by atoms with Crippen LogP contribution >= 0.6 is 11.6 Å². The minimum absolute atomic E-state index is 0.0630. The van der Waals surface area contributed by atoms with Crippen molar-refractivity contribution in [3.05, 3.63) is 242 Å². The van der Waals surface area contributed by atoms with Crippen molar-refractivity contribution in [1.82, 2.24) is 57.7 Å². The second-order valence-corrected chi connectivity index (χ2v) is 24.9. The molecule has 0 N–H and O–H groups in total. The Hall–Kier alpha value is -9.87. The Kier molecular flexibility index (Phi) is 19.6. The summed E-state index contributed by atoms with van der Waals surface area (Å²) >= 11 is 5.83. The molecular weight excluding hydrogens is 1270 g/mol. The Morgan fingerprint density at radius 3 is 1.09 bits per heavy atom. The van der Waals surface area contributed by atoms with E-state index in [1.807, 2.05) is 81.0 Å². The fourth-order valence-electron chi connectivity index (χ4n) is 13.0. The van der Waals surface area contributed by atoms with Crippen LogP contribution in [0.3, 0.4) is 0 Å². The van der Waals surface area contributed by atoms with E-state index in [2.05, 4.69) is 30.0 Å². The summed E-state index contributed by atoms with van der Waals surface area (Å²) in [6.07, 6.45) is 13.2. The van der Waals surface area contributed by atoms with Gasteiger partial charge in [-0.25, -0.2) is 13.2 Å². The number of benzene rings is 6. The van der Waals surface area contributed by atoms with Gasteiger partial charge in [0.05, 0.1) is 67.4 Å². The van der Waals surface area contributed by atoms with E-state index in [0.29, 0.717) is 44.8 Å². The van der Waals surface area contributed by atoms with Gasteiger partial charge in [0.1, 0.15) is 23.2 Å². The van der Waals surface area contributed by atoms with Gasteiger partial charge >= 0.3 is 6.18 Å². The highest BCUT2D eigenvalue weighted by molar-refractivity contribution is 6.30. The summed E-state index contributed by atoms with van der Waals surface area (Å²) in [6.45, 7) is 12.4. The van der Waals surface area contributed by atoms with Gasteiger partial charge in [0.25, 0.3) is 16.7 Å². The third-order valence-electron chi connectivity index (χ3n) is 18.3. The molecule has 0 spiro atoms. The lowest BCUT2D eigenvalue weighted by Gasteiger charge is -2.14. The zero-order valence-corrected chi connectivity index (χ0v) is 53.9. The van der Waals surface area contributed by atoms with Crippen molar-refractivity contribution in [3.8, 4) is 56.2 Å². The highest BCUT2D eigenvalue weighted by Crippen LogP contribution is 2.34. The van der Waals surface area contributed by atoms with Gasteiger partial charge in [-0.3, -0.25) is 42.1 Å². The normalized spacial score (nSPS) is 14.6. The van der Waals surface area contributed by atoms with Gasteiger partial charge in [0.15, 0.2) is 0 Å². The van der Waals surface area contributed by atoms with E-state index in [4.69, 9.17) is 16.3 Å². The van der Waals surface area contributed by atoms with E-state index in [0.717, 1.165) is 109 Å². The molecule has 12 aromatic rings. The zero-order chi connectivity index (χ0) is 67.3. The van der Waals surface area contributed by atoms with Gasteiger partial charge in [-0.2, -0.15) is 28.5 Å². The molecule has 3 saturated heterocycles. The van der Waals surface area contributed by atoms with E-state index < -0.39 is 34.8 Å². The molecule has 0 unspecified atom stereocenters. The fourth-order valence-corrected chi connectivity index (χ4v) is 13.2. The number of halogens is 7. The lowest BCUT2D eigenvalue weighted by molar-refractivity contribution is -0.137. The van der Waals surface area contributed by atoms with Crippen molar-refractivity contribution < 1.29 is 31.1 Å². The molecular formula is C74H69ClF6N12O4. The predicted octanol–water partition coefficient (Wildman–Crippen LogP) is 13.9. The number of hydrogen-bond acceptors (Lipinski definition) is 10. The summed E-state index contributed by atoms with van der Waals surface area (Å²) in [5.41, 5.74) is 5.17. The van der Waals surface area contributed by atoms with Gasteiger partial charge < -0.3 is 19.4 Å². The third-order valence-corrected chi connectivity index (χ3v) is 18.5. The van der Waals surface area contributed by atoms with Crippen molar-refractivity contribution in [2.75, 3.05) is 66.0 Å². The van der Waals surface area contributed by atoms with Crippen LogP contribution in [0.4, 0.5) is 26.3 Å². The number of ether oxygens (including phenoxy) is 1. The highest BCUT2D eigenvalue weighted by Gasteiger charge is 2.31. The summed E-state index contributed by atoms with van der Waals surface area (Å²) in [7, 11) is 1.49. The standard InChI is InChI=1S/C25H22F4N4O.C25H25FN4O2.C24H22ClFN4O/c26-22-15-19(25(27,28)29)3-5-21(22)17-7-10-32(24(34)14-17)20-4-6-23-18(13-20)16-30-33(23)12-11-31-8-1-2-9-31;1-32-21-5-6-22(23(26)16-21)18-8-11-29(25(31)15-18)20-4-7-24-19(14-20)17-27-30(24)13-12-28-9-2-3-10-28;25-19-3-5-21(22(26)15-19)17-7-10-29(24(31)14-17)20-4-6-23-18(13-20)16-27-30(23)12-11-28-8-1-2-9-28/h3-7,10,13-16H,1-2,8-9,11-12H2;4-8,11,14-17H,2-3,9-10,12-13H2,1H3;3-7,10,13-16H,1-2,8-9,11-12H2. The predicted molar refractivity (Wildman–Crippen MR) is 366 cm³/mol. The average Bonchev–Trinajstić information content (AvgIpc) is 1.75. The minimum Gasteiger partial charge on any atom is -0.497 e. The summed E-state index contributed by atoms with van der Waals surface area (Å²) in [6, 6.07) is 37.8. The topological polar surface area (TPSA) is 138 Å². The number of rotatable bonds is 16. The number of hydrogen-bond donors (Lipinski definition) is 0. The number of aromatic nitrogens is 9. The molecule has 0 bridgehead atoms. The summed E-state index contributed by atoms with van der Waals surface area (Å²) in [5, 5.41) is 16.7. The molecule has 0 aliphatic carbocycles. The van der Waals surface area contributed by atoms with Crippen LogP contribution in [-0.4, -0.2) is 124 Å². The fraction of sp³-hybridized carbons (Fsp3) is 0.270. The Bertz CT molecular complexity index is 5020. The van der Waals surface area contributed by atoms with Crippen LogP contribution in [0.2, 0.25) is 5.02 Å². The molecule has 16 nitrogen and oxygen atoms in total. The van der Waals surface area contributed by atoms with Gasteiger partial charge in [-0.15, -0.1) is 0 Å². The van der Waals surface area contributed by atoms with E-state index in [1.54, 1.807) is 64.1 Å². The number of pyridine rings is 3. The van der Waals surface area contributed by atoms with Crippen LogP contribution in [-0.2, 0) is 25.8 Å². The molecule has 498 valence electrons. The maximum Gasteiger partial charge on any atom is 0.416 e. The summed E-state index contributed by atoms with van der Waals surface area (Å²) < 4.78 is 97.0. The first-order valence-electron chi connectivity index (χ1n) is 32.4. The molecule has 97 heavy (non-hydrogen) atoms. The second kappa shape index (κ2) is 28.8. The van der Waals surface area contributed by atoms with Crippen LogP contribution in [0.15, 0.2) is 197 Å². The molecule has 3 aliphatic rings. The SMILES string of the molecule is COc1ccc(-c2ccn(-c3ccc4c(cnn4CCN4CCCC4)c3)c(=O)c2)c(F)c1.O=c1cc(-c2ccc(C(F)(F)F)cc2F)ccn1-c1ccc2c(cnn2CCN2CCCC2)c1.O=c1cc(-c2ccc(Cl)cc2F)ccn1-c1ccc2c(cnn2CCN2CCCC2)c1. The monoisotopic (exact) mass is 1340 g/mol. The van der Waals surface area contributed by atoms with E-state index in [-0.39, 0.29) is 22.2 Å². The molecule has 0 atom stereocenters. The maximum absolute atomic E-state index is 14.4. The molecule has 3 fully saturated rings. The first-order chi connectivity index (χ1) is 47.0. The first kappa shape index (κ1) is 65.8. The quantitative estimate of drug-likeness (QED) is 0.0859. The lowest BCUT2D eigenvalue weighted by Crippen LogP contribution is -2.24. The maximum atomic E-state index is 14.4. The van der Waals surface area contributed by atoms with Gasteiger partial charge in [0, 0.05) is 117 Å². The molecule has 0 amide bonds. The number of nitrogens with zero attached hydrogens (tertiary/aromatic N) is 12. The third kappa shape index (κ3) is 14.9. The summed E-state index contributed by atoms with van der Waals surface area (Å²) in [4.78, 5) is 45.7. The van der Waals surface area contributed by atoms with E-state index >= 15 is 0 Å². The number of likely N-dealkylation sites (tertiary alicyclic amines) is 3. The van der Waals surface area contributed by atoms with E-state index in [1.165, 1.54) is 119 Å². The van der Waals surface area contributed by atoms with Crippen molar-refractivity contribution >= 4 is 44.3 Å². The molecule has 0 saturated carbocycles. The van der Waals surface area contributed by atoms with Crippen LogP contribution in [0.5, 0.6) is 5.75 Å². The van der Waals surface area contributed by atoms with Crippen LogP contribution in [0.25, 0.3) is 83.2 Å². The van der Waals surface area contributed by atoms with Crippen LogP contribution in [0.1, 0.15) is 44.1 Å². The molecule has 3 aliphatic heterocycles. The largest absolute Gasteiger partial charge is 0.497 e. The Labute approximate surface area is 559 Å². The Morgan fingerprint density at radius 1 is 0.412 bits per heavy atom. The first-order valence-corrected chi connectivity index (χ1v) is 32.8. The van der Waals surface area contributed by atoms with Crippen molar-refractivity contribution in [2.45, 2.75) is 64.3 Å². The molecule has 9 heterocycles. The van der Waals surface area contributed by atoms with Crippen LogP contribution < -0.4 is 21.4 Å². The lowest BCUT2D eigenvalue weighted by atomic mass is 10.0. The molecule has 6 aromatic carbocycles. The molecule has 23 heteroatoms. The number of alkyl halides is 3. The van der Waals surface area contributed by atoms with E-state index in [9.17, 15) is 40.7 Å².